The maximum atomic E-state index is 6.02. The van der Waals surface area contributed by atoms with Gasteiger partial charge >= 0.3 is 0 Å². The number of morpholine rings is 1. The number of nitrogens with one attached hydrogen (secondary N) is 1. The Labute approximate surface area is 197 Å². The normalized spacial score (nSPS) is 23.9. The van der Waals surface area contributed by atoms with E-state index in [4.69, 9.17) is 14.5 Å². The lowest BCUT2D eigenvalue weighted by Crippen LogP contribution is -2.53. The number of thiophene rings is 1. The molecule has 0 aliphatic carbocycles. The average molecular weight is 537 g/mol. The molecule has 1 N–H and O–H groups in total. The average Bonchev–Trinajstić information content (AvgIpc) is 3.44. The number of guanidine groups is 1. The fraction of sp³-hybridized carbons (Fsp3) is 0.762. The van der Waals surface area contributed by atoms with Crippen molar-refractivity contribution in [3.05, 3.63) is 22.4 Å². The van der Waals surface area contributed by atoms with Gasteiger partial charge in [0.05, 0.1) is 25.3 Å². The fourth-order valence-electron chi connectivity index (χ4n) is 4.15. The molecule has 3 heterocycles. The highest BCUT2D eigenvalue weighted by molar-refractivity contribution is 14.0. The van der Waals surface area contributed by atoms with Gasteiger partial charge in [0.1, 0.15) is 6.10 Å². The Morgan fingerprint density at radius 2 is 2.07 bits per heavy atom. The summed E-state index contributed by atoms with van der Waals surface area (Å²) in [6.45, 7) is 13.6. The summed E-state index contributed by atoms with van der Waals surface area (Å²) >= 11 is 1.76. The number of rotatable bonds is 8. The van der Waals surface area contributed by atoms with Gasteiger partial charge in [0.15, 0.2) is 5.96 Å². The van der Waals surface area contributed by atoms with Crippen LogP contribution in [0.25, 0.3) is 0 Å². The first-order valence-electron chi connectivity index (χ1n) is 10.8. The second-order valence-electron chi connectivity index (χ2n) is 7.40. The van der Waals surface area contributed by atoms with E-state index in [1.165, 1.54) is 5.56 Å². The van der Waals surface area contributed by atoms with Crippen molar-refractivity contribution in [2.75, 3.05) is 52.5 Å². The second kappa shape index (κ2) is 13.1. The molecule has 29 heavy (non-hydrogen) atoms. The van der Waals surface area contributed by atoms with Gasteiger partial charge in [0.25, 0.3) is 0 Å². The van der Waals surface area contributed by atoms with E-state index >= 15 is 0 Å². The zero-order valence-electron chi connectivity index (χ0n) is 18.0. The highest BCUT2D eigenvalue weighted by Crippen LogP contribution is 2.24. The first kappa shape index (κ1) is 24.8. The van der Waals surface area contributed by atoms with Crippen LogP contribution >= 0.6 is 35.3 Å². The van der Waals surface area contributed by atoms with Gasteiger partial charge in [-0.3, -0.25) is 9.89 Å². The number of halogens is 1. The molecule has 3 rings (SSSR count). The van der Waals surface area contributed by atoms with Crippen molar-refractivity contribution in [1.82, 2.24) is 15.1 Å². The number of hydrogen-bond acceptors (Lipinski definition) is 5. The number of likely N-dealkylation sites (N-methyl/N-ethyl adjacent to an activating group) is 1. The first-order chi connectivity index (χ1) is 13.8. The van der Waals surface area contributed by atoms with Crippen LogP contribution in [-0.4, -0.2) is 80.4 Å². The second-order valence-corrected chi connectivity index (χ2v) is 8.18. The molecule has 2 saturated heterocycles. The summed E-state index contributed by atoms with van der Waals surface area (Å²) in [5.74, 6) is 1.00. The fourth-order valence-corrected chi connectivity index (χ4v) is 4.86. The van der Waals surface area contributed by atoms with Gasteiger partial charge in [-0.05, 0) is 55.2 Å². The van der Waals surface area contributed by atoms with E-state index in [0.29, 0.717) is 6.04 Å². The zero-order valence-corrected chi connectivity index (χ0v) is 21.2. The lowest BCUT2D eigenvalue weighted by Gasteiger charge is -2.37. The minimum absolute atomic E-state index is 0. The van der Waals surface area contributed by atoms with Gasteiger partial charge in [-0.15, -0.1) is 24.0 Å². The zero-order chi connectivity index (χ0) is 19.8. The van der Waals surface area contributed by atoms with Crippen LogP contribution in [0.5, 0.6) is 0 Å². The van der Waals surface area contributed by atoms with Gasteiger partial charge in [0, 0.05) is 26.2 Å². The first-order valence-corrected chi connectivity index (χ1v) is 11.7. The quantitative estimate of drug-likeness (QED) is 0.313. The Kier molecular flexibility index (Phi) is 11.2. The van der Waals surface area contributed by atoms with E-state index in [1.54, 1.807) is 11.3 Å². The van der Waals surface area contributed by atoms with Crippen molar-refractivity contribution >= 4 is 41.3 Å². The van der Waals surface area contributed by atoms with Crippen LogP contribution < -0.4 is 5.32 Å². The van der Waals surface area contributed by atoms with Crippen LogP contribution in [0, 0.1) is 0 Å². The van der Waals surface area contributed by atoms with Crippen molar-refractivity contribution in [3.8, 4) is 0 Å². The molecule has 0 aromatic carbocycles. The largest absolute Gasteiger partial charge is 0.375 e. The van der Waals surface area contributed by atoms with Gasteiger partial charge < -0.3 is 19.7 Å². The number of hydrogen-bond donors (Lipinski definition) is 1. The van der Waals surface area contributed by atoms with Crippen LogP contribution in [0.3, 0.4) is 0 Å². The molecular formula is C21H37IN4O2S. The molecule has 0 bridgehead atoms. The Balaban J connectivity index is 0.00000300. The number of aliphatic imine (C=N–C) groups is 1. The van der Waals surface area contributed by atoms with Gasteiger partial charge in [-0.1, -0.05) is 13.8 Å². The molecule has 0 amide bonds. The Morgan fingerprint density at radius 1 is 1.28 bits per heavy atom. The lowest BCUT2D eigenvalue weighted by molar-refractivity contribution is -0.0817. The molecule has 8 heteroatoms. The van der Waals surface area contributed by atoms with E-state index in [2.05, 4.69) is 52.7 Å². The lowest BCUT2D eigenvalue weighted by atomic mass is 10.1. The third-order valence-electron chi connectivity index (χ3n) is 5.70. The summed E-state index contributed by atoms with van der Waals surface area (Å²) < 4.78 is 11.9. The van der Waals surface area contributed by atoms with E-state index < -0.39 is 0 Å². The molecule has 1 aromatic heterocycles. The molecular weight excluding hydrogens is 499 g/mol. The summed E-state index contributed by atoms with van der Waals surface area (Å²) in [6.07, 6.45) is 2.63. The highest BCUT2D eigenvalue weighted by Gasteiger charge is 2.32. The summed E-state index contributed by atoms with van der Waals surface area (Å²) in [5.41, 5.74) is 1.37. The van der Waals surface area contributed by atoms with Crippen LogP contribution in [-0.2, 0) is 9.47 Å². The maximum absolute atomic E-state index is 6.02. The molecule has 2 aliphatic heterocycles. The Bertz CT molecular complexity index is 592. The van der Waals surface area contributed by atoms with Crippen LogP contribution in [0.1, 0.15) is 45.2 Å². The van der Waals surface area contributed by atoms with Crippen molar-refractivity contribution in [2.45, 2.75) is 51.9 Å². The molecule has 6 nitrogen and oxygen atoms in total. The molecule has 0 spiro atoms. The van der Waals surface area contributed by atoms with Crippen molar-refractivity contribution in [1.29, 1.82) is 0 Å². The summed E-state index contributed by atoms with van der Waals surface area (Å²) in [5, 5.41) is 7.92. The molecule has 3 unspecified atom stereocenters. The monoisotopic (exact) mass is 536 g/mol. The minimum atomic E-state index is 0. The smallest absolute Gasteiger partial charge is 0.194 e. The van der Waals surface area contributed by atoms with Crippen LogP contribution in [0.4, 0.5) is 0 Å². The van der Waals surface area contributed by atoms with Crippen LogP contribution in [0.15, 0.2) is 21.8 Å². The van der Waals surface area contributed by atoms with Crippen molar-refractivity contribution < 1.29 is 9.47 Å². The maximum Gasteiger partial charge on any atom is 0.194 e. The topological polar surface area (TPSA) is 49.3 Å². The Morgan fingerprint density at radius 3 is 2.69 bits per heavy atom. The third-order valence-corrected chi connectivity index (χ3v) is 6.40. The number of ether oxygens (including phenoxy) is 2. The predicted octanol–water partition coefficient (Wildman–Crippen LogP) is 3.59. The SMILES string of the molecule is CCNC(=NCC(c1ccsc1)N(CC)CC)N1CCOC(C2CCCO2)C1.I. The van der Waals surface area contributed by atoms with E-state index in [9.17, 15) is 0 Å². The molecule has 2 aliphatic rings. The number of nitrogens with zero attached hydrogens (tertiary/aromatic N) is 3. The van der Waals surface area contributed by atoms with E-state index in [-0.39, 0.29) is 36.2 Å². The summed E-state index contributed by atoms with van der Waals surface area (Å²) in [6, 6.07) is 2.56. The van der Waals surface area contributed by atoms with E-state index in [1.807, 2.05) is 0 Å². The molecule has 3 atom stereocenters. The molecule has 166 valence electrons. The van der Waals surface area contributed by atoms with Gasteiger partial charge in [-0.2, -0.15) is 11.3 Å². The molecule has 2 fully saturated rings. The van der Waals surface area contributed by atoms with Crippen molar-refractivity contribution in [2.24, 2.45) is 4.99 Å². The molecule has 0 saturated carbocycles. The molecule has 0 radical (unpaired) electrons. The van der Waals surface area contributed by atoms with Gasteiger partial charge in [-0.25, -0.2) is 0 Å². The minimum Gasteiger partial charge on any atom is -0.375 e. The summed E-state index contributed by atoms with van der Waals surface area (Å²) in [7, 11) is 0. The summed E-state index contributed by atoms with van der Waals surface area (Å²) in [4.78, 5) is 9.91. The van der Waals surface area contributed by atoms with Crippen LogP contribution in [0.2, 0.25) is 0 Å². The van der Waals surface area contributed by atoms with Gasteiger partial charge in [0.2, 0.25) is 0 Å². The van der Waals surface area contributed by atoms with Crippen molar-refractivity contribution in [3.63, 3.8) is 0 Å². The third kappa shape index (κ3) is 6.78. The Hall–Kier alpha value is -0.420. The highest BCUT2D eigenvalue weighted by atomic mass is 127. The predicted molar refractivity (Wildman–Crippen MR) is 132 cm³/mol. The standard InChI is InChI=1S/C21H36N4O2S.HI/c1-4-22-21(25-10-12-27-20(15-25)19-8-7-11-26-19)23-14-18(24(5-2)6-3)17-9-13-28-16-17;/h9,13,16,18-20H,4-8,10-12,14-15H2,1-3H3,(H,22,23);1H. The van der Waals surface area contributed by atoms with E-state index in [0.717, 1.165) is 71.3 Å². The molecule has 1 aromatic rings.